The Morgan fingerprint density at radius 3 is 2.17 bits per heavy atom. The maximum atomic E-state index is 11.0. The Labute approximate surface area is 106 Å². The van der Waals surface area contributed by atoms with Gasteiger partial charge in [-0.25, -0.2) is 0 Å². The maximum absolute atomic E-state index is 11.0. The van der Waals surface area contributed by atoms with E-state index in [1.54, 1.807) is 0 Å². The van der Waals surface area contributed by atoms with Crippen LogP contribution in [0.3, 0.4) is 0 Å². The number of carboxylic acid groups (broad SMARTS) is 2. The minimum Gasteiger partial charge on any atom is -0.481 e. The van der Waals surface area contributed by atoms with Crippen molar-refractivity contribution in [3.63, 3.8) is 0 Å². The second-order valence-corrected chi connectivity index (χ2v) is 4.33. The third kappa shape index (κ3) is 6.88. The minimum absolute atomic E-state index is 0.114. The Morgan fingerprint density at radius 2 is 1.72 bits per heavy atom. The first-order valence-corrected chi connectivity index (χ1v) is 5.90. The number of rotatable bonds is 9. The average molecular weight is 260 g/mol. The van der Waals surface area contributed by atoms with Crippen molar-refractivity contribution in [3.05, 3.63) is 0 Å². The second kappa shape index (κ2) is 8.49. The molecule has 18 heavy (non-hydrogen) atoms. The van der Waals surface area contributed by atoms with Gasteiger partial charge in [-0.2, -0.15) is 0 Å². The van der Waals surface area contributed by atoms with Crippen molar-refractivity contribution in [2.75, 3.05) is 7.11 Å². The van der Waals surface area contributed by atoms with Gasteiger partial charge in [-0.1, -0.05) is 13.3 Å². The Balaban J connectivity index is 4.02. The molecule has 0 spiro atoms. The number of methoxy groups -OCH3 is 1. The lowest BCUT2D eigenvalue weighted by molar-refractivity contribution is -0.145. The second-order valence-electron chi connectivity index (χ2n) is 4.33. The van der Waals surface area contributed by atoms with Crippen LogP contribution in [0.2, 0.25) is 0 Å². The molecule has 0 aliphatic heterocycles. The van der Waals surface area contributed by atoms with Crippen LogP contribution in [0.15, 0.2) is 0 Å². The molecule has 2 unspecified atom stereocenters. The van der Waals surface area contributed by atoms with Crippen molar-refractivity contribution in [1.29, 1.82) is 0 Å². The minimum atomic E-state index is -0.990. The number of hydrogen-bond acceptors (Lipinski definition) is 4. The molecule has 0 saturated heterocycles. The standard InChI is InChI=1S/C12H20O6/c1-8(11(14)15)7-9(12(16)17)5-3-4-6-10(13)18-2/h8-9H,3-7H2,1-2H3,(H,14,15)(H,16,17). The number of esters is 1. The first-order valence-electron chi connectivity index (χ1n) is 5.90. The fourth-order valence-electron chi connectivity index (χ4n) is 1.63. The lowest BCUT2D eigenvalue weighted by Gasteiger charge is -2.14. The zero-order chi connectivity index (χ0) is 14.1. The van der Waals surface area contributed by atoms with Gasteiger partial charge >= 0.3 is 17.9 Å². The summed E-state index contributed by atoms with van der Waals surface area (Å²) < 4.78 is 4.47. The maximum Gasteiger partial charge on any atom is 0.306 e. The molecule has 0 heterocycles. The summed E-state index contributed by atoms with van der Waals surface area (Å²) in [5.41, 5.74) is 0. The molecule has 104 valence electrons. The highest BCUT2D eigenvalue weighted by molar-refractivity contribution is 5.73. The number of unbranched alkanes of at least 4 members (excludes halogenated alkanes) is 1. The third-order valence-electron chi connectivity index (χ3n) is 2.82. The van der Waals surface area contributed by atoms with E-state index in [0.717, 1.165) is 0 Å². The highest BCUT2D eigenvalue weighted by atomic mass is 16.5. The Bertz CT molecular complexity index is 299. The van der Waals surface area contributed by atoms with Crippen molar-refractivity contribution in [1.82, 2.24) is 0 Å². The number of carboxylic acids is 2. The molecule has 0 aromatic rings. The lowest BCUT2D eigenvalue weighted by atomic mass is 9.91. The number of aliphatic carboxylic acids is 2. The van der Waals surface area contributed by atoms with Crippen LogP contribution in [0.1, 0.15) is 39.0 Å². The molecule has 0 aliphatic rings. The Kier molecular flexibility index (Phi) is 7.74. The summed E-state index contributed by atoms with van der Waals surface area (Å²) in [4.78, 5) is 32.5. The van der Waals surface area contributed by atoms with Gasteiger partial charge in [0.1, 0.15) is 0 Å². The SMILES string of the molecule is COC(=O)CCCCC(CC(C)C(=O)O)C(=O)O. The van der Waals surface area contributed by atoms with E-state index in [9.17, 15) is 14.4 Å². The van der Waals surface area contributed by atoms with E-state index in [1.165, 1.54) is 14.0 Å². The van der Waals surface area contributed by atoms with E-state index < -0.39 is 23.8 Å². The van der Waals surface area contributed by atoms with Crippen LogP contribution in [-0.4, -0.2) is 35.2 Å². The first-order chi connectivity index (χ1) is 8.38. The normalized spacial score (nSPS) is 13.7. The number of carbonyl (C=O) groups excluding carboxylic acids is 1. The molecule has 0 aliphatic carbocycles. The highest BCUT2D eigenvalue weighted by Gasteiger charge is 2.23. The molecule has 6 heteroatoms. The summed E-state index contributed by atoms with van der Waals surface area (Å²) in [6, 6.07) is 0. The van der Waals surface area contributed by atoms with Gasteiger partial charge in [-0.05, 0) is 19.3 Å². The van der Waals surface area contributed by atoms with Crippen LogP contribution in [0.5, 0.6) is 0 Å². The van der Waals surface area contributed by atoms with Gasteiger partial charge in [0.15, 0.2) is 0 Å². The number of carbonyl (C=O) groups is 3. The number of hydrogen-bond donors (Lipinski definition) is 2. The van der Waals surface area contributed by atoms with Gasteiger partial charge < -0.3 is 14.9 Å². The molecular weight excluding hydrogens is 240 g/mol. The van der Waals surface area contributed by atoms with Crippen molar-refractivity contribution in [2.24, 2.45) is 11.8 Å². The molecule has 6 nitrogen and oxygen atoms in total. The molecule has 0 fully saturated rings. The summed E-state index contributed by atoms with van der Waals surface area (Å²) in [5, 5.41) is 17.7. The predicted molar refractivity (Wildman–Crippen MR) is 63.0 cm³/mol. The van der Waals surface area contributed by atoms with E-state index in [4.69, 9.17) is 10.2 Å². The summed E-state index contributed by atoms with van der Waals surface area (Å²) in [7, 11) is 1.30. The first kappa shape index (κ1) is 16.4. The third-order valence-corrected chi connectivity index (χ3v) is 2.82. The van der Waals surface area contributed by atoms with E-state index in [-0.39, 0.29) is 18.8 Å². The summed E-state index contributed by atoms with van der Waals surface area (Å²) in [6.07, 6.45) is 1.88. The van der Waals surface area contributed by atoms with Crippen LogP contribution in [-0.2, 0) is 19.1 Å². The van der Waals surface area contributed by atoms with Crippen LogP contribution < -0.4 is 0 Å². The summed E-state index contributed by atoms with van der Waals surface area (Å²) in [5.74, 6) is -3.64. The van der Waals surface area contributed by atoms with Crippen molar-refractivity contribution < 1.29 is 29.3 Å². The number of ether oxygens (including phenoxy) is 1. The van der Waals surface area contributed by atoms with E-state index in [0.29, 0.717) is 19.3 Å². The molecule has 2 atom stereocenters. The fourth-order valence-corrected chi connectivity index (χ4v) is 1.63. The molecule has 0 radical (unpaired) electrons. The predicted octanol–water partition coefficient (Wildman–Crippen LogP) is 1.53. The zero-order valence-electron chi connectivity index (χ0n) is 10.7. The Morgan fingerprint density at radius 1 is 1.11 bits per heavy atom. The largest absolute Gasteiger partial charge is 0.481 e. The topological polar surface area (TPSA) is 101 Å². The monoisotopic (exact) mass is 260 g/mol. The van der Waals surface area contributed by atoms with Gasteiger partial charge in [-0.3, -0.25) is 14.4 Å². The molecule has 0 saturated carbocycles. The lowest BCUT2D eigenvalue weighted by Crippen LogP contribution is -2.21. The highest BCUT2D eigenvalue weighted by Crippen LogP contribution is 2.19. The quantitative estimate of drug-likeness (QED) is 0.481. The molecule has 2 N–H and O–H groups in total. The molecule has 0 rings (SSSR count). The van der Waals surface area contributed by atoms with Crippen molar-refractivity contribution in [3.8, 4) is 0 Å². The van der Waals surface area contributed by atoms with Crippen LogP contribution in [0.25, 0.3) is 0 Å². The fraction of sp³-hybridized carbons (Fsp3) is 0.750. The van der Waals surface area contributed by atoms with Gasteiger partial charge in [-0.15, -0.1) is 0 Å². The van der Waals surface area contributed by atoms with Gasteiger partial charge in [0.25, 0.3) is 0 Å². The van der Waals surface area contributed by atoms with Crippen LogP contribution >= 0.6 is 0 Å². The van der Waals surface area contributed by atoms with Crippen molar-refractivity contribution >= 4 is 17.9 Å². The van der Waals surface area contributed by atoms with Crippen LogP contribution in [0, 0.1) is 11.8 Å². The van der Waals surface area contributed by atoms with Crippen LogP contribution in [0.4, 0.5) is 0 Å². The van der Waals surface area contributed by atoms with E-state index in [2.05, 4.69) is 4.74 Å². The van der Waals surface area contributed by atoms with E-state index in [1.807, 2.05) is 0 Å². The molecule has 0 aromatic carbocycles. The van der Waals surface area contributed by atoms with Gasteiger partial charge in [0.05, 0.1) is 18.9 Å². The van der Waals surface area contributed by atoms with E-state index >= 15 is 0 Å². The summed E-state index contributed by atoms with van der Waals surface area (Å²) >= 11 is 0. The zero-order valence-corrected chi connectivity index (χ0v) is 10.7. The van der Waals surface area contributed by atoms with Gasteiger partial charge in [0, 0.05) is 6.42 Å². The molecule has 0 amide bonds. The van der Waals surface area contributed by atoms with Gasteiger partial charge in [0.2, 0.25) is 0 Å². The smallest absolute Gasteiger partial charge is 0.306 e. The molecule has 0 aromatic heterocycles. The summed E-state index contributed by atoms with van der Waals surface area (Å²) in [6.45, 7) is 1.49. The molecular formula is C12H20O6. The van der Waals surface area contributed by atoms with Crippen molar-refractivity contribution in [2.45, 2.75) is 39.0 Å². The Hall–Kier alpha value is -1.59. The average Bonchev–Trinajstić information content (AvgIpc) is 2.31. The molecule has 0 bridgehead atoms.